The minimum atomic E-state index is 0.808. The van der Waals surface area contributed by atoms with E-state index in [0.717, 1.165) is 5.92 Å². The maximum atomic E-state index is 2.30. The Bertz CT molecular complexity index is 366. The summed E-state index contributed by atoms with van der Waals surface area (Å²) >= 11 is 0. The Balaban J connectivity index is 1.80. The zero-order valence-corrected chi connectivity index (χ0v) is 9.21. The predicted octanol–water partition coefficient (Wildman–Crippen LogP) is 4.43. The van der Waals surface area contributed by atoms with Crippen molar-refractivity contribution in [3.63, 3.8) is 0 Å². The standard InChI is InChI=1S/C15H18/c1-2-5-12(6-3-1)14-7-4-8-15(11-14)13-9-10-13/h1-3,5-6,14H,4,7-11H2. The van der Waals surface area contributed by atoms with Crippen molar-refractivity contribution in [1.29, 1.82) is 0 Å². The third kappa shape index (κ3) is 1.99. The summed E-state index contributed by atoms with van der Waals surface area (Å²) in [4.78, 5) is 0. The maximum absolute atomic E-state index is 2.30. The minimum absolute atomic E-state index is 0.808. The van der Waals surface area contributed by atoms with Crippen LogP contribution in [0.4, 0.5) is 0 Å². The van der Waals surface area contributed by atoms with Gasteiger partial charge in [-0.3, -0.25) is 0 Å². The van der Waals surface area contributed by atoms with Crippen LogP contribution in [-0.4, -0.2) is 0 Å². The number of hydrogen-bond donors (Lipinski definition) is 0. The quantitative estimate of drug-likeness (QED) is 0.585. The van der Waals surface area contributed by atoms with Crippen LogP contribution >= 0.6 is 0 Å². The highest BCUT2D eigenvalue weighted by molar-refractivity contribution is 5.30. The fraction of sp³-hybridized carbons (Fsp3) is 0.467. The molecule has 0 heteroatoms. The molecule has 0 N–H and O–H groups in total. The lowest BCUT2D eigenvalue weighted by Crippen LogP contribution is -2.06. The van der Waals surface area contributed by atoms with Crippen molar-refractivity contribution in [3.8, 4) is 0 Å². The van der Waals surface area contributed by atoms with E-state index in [9.17, 15) is 0 Å². The first-order valence-corrected chi connectivity index (χ1v) is 6.18. The van der Waals surface area contributed by atoms with E-state index in [2.05, 4.69) is 30.3 Å². The summed E-state index contributed by atoms with van der Waals surface area (Å²) in [6.07, 6.45) is 8.32. The van der Waals surface area contributed by atoms with Crippen molar-refractivity contribution in [2.75, 3.05) is 0 Å². The number of benzene rings is 1. The van der Waals surface area contributed by atoms with Crippen LogP contribution in [0.2, 0.25) is 0 Å². The first-order valence-electron chi connectivity index (χ1n) is 6.18. The molecule has 0 amide bonds. The topological polar surface area (TPSA) is 0 Å². The van der Waals surface area contributed by atoms with Crippen molar-refractivity contribution in [1.82, 2.24) is 0 Å². The average molecular weight is 198 g/mol. The Kier molecular flexibility index (Phi) is 2.36. The fourth-order valence-electron chi connectivity index (χ4n) is 2.81. The van der Waals surface area contributed by atoms with Gasteiger partial charge in [0.1, 0.15) is 0 Å². The van der Waals surface area contributed by atoms with Gasteiger partial charge in [0.2, 0.25) is 0 Å². The summed E-state index contributed by atoms with van der Waals surface area (Å²) in [6.45, 7) is 0. The van der Waals surface area contributed by atoms with Gasteiger partial charge in [-0.2, -0.15) is 0 Å². The molecule has 15 heavy (non-hydrogen) atoms. The molecule has 0 saturated heterocycles. The Morgan fingerprint density at radius 1 is 0.867 bits per heavy atom. The van der Waals surface area contributed by atoms with Crippen LogP contribution in [0.5, 0.6) is 0 Å². The van der Waals surface area contributed by atoms with Gasteiger partial charge < -0.3 is 0 Å². The second-order valence-corrected chi connectivity index (χ2v) is 4.91. The Hall–Kier alpha value is -1.04. The number of rotatable bonds is 1. The predicted molar refractivity (Wildman–Crippen MR) is 63.9 cm³/mol. The molecule has 2 aliphatic rings. The van der Waals surface area contributed by atoms with Gasteiger partial charge in [-0.1, -0.05) is 41.5 Å². The van der Waals surface area contributed by atoms with Crippen LogP contribution in [0, 0.1) is 0 Å². The van der Waals surface area contributed by atoms with E-state index in [-0.39, 0.29) is 0 Å². The van der Waals surface area contributed by atoms with Gasteiger partial charge in [-0.15, -0.1) is 0 Å². The lowest BCUT2D eigenvalue weighted by molar-refractivity contribution is 0.521. The summed E-state index contributed by atoms with van der Waals surface area (Å²) in [5, 5.41) is 0. The molecule has 2 saturated carbocycles. The number of hydrogen-bond acceptors (Lipinski definition) is 0. The summed E-state index contributed by atoms with van der Waals surface area (Å²) in [5.41, 5.74) is 5.14. The van der Waals surface area contributed by atoms with Crippen LogP contribution in [0.15, 0.2) is 41.5 Å². The second-order valence-electron chi connectivity index (χ2n) is 4.91. The van der Waals surface area contributed by atoms with E-state index >= 15 is 0 Å². The lowest BCUT2D eigenvalue weighted by atomic mass is 9.81. The van der Waals surface area contributed by atoms with Crippen molar-refractivity contribution < 1.29 is 0 Å². The van der Waals surface area contributed by atoms with Crippen LogP contribution in [0.3, 0.4) is 0 Å². The van der Waals surface area contributed by atoms with Gasteiger partial charge in [0, 0.05) is 0 Å². The summed E-state index contributed by atoms with van der Waals surface area (Å²) in [7, 11) is 0. The van der Waals surface area contributed by atoms with Gasteiger partial charge in [0.15, 0.2) is 0 Å². The third-order valence-electron chi connectivity index (χ3n) is 3.79. The molecular weight excluding hydrogens is 180 g/mol. The molecule has 0 aliphatic heterocycles. The lowest BCUT2D eigenvalue weighted by Gasteiger charge is -2.24. The fourth-order valence-corrected chi connectivity index (χ4v) is 2.81. The van der Waals surface area contributed by atoms with E-state index in [4.69, 9.17) is 0 Å². The molecule has 3 rings (SSSR count). The van der Waals surface area contributed by atoms with Crippen molar-refractivity contribution in [2.45, 2.75) is 44.4 Å². The summed E-state index contributed by atoms with van der Waals surface area (Å²) in [5.74, 6) is 0.808. The van der Waals surface area contributed by atoms with Gasteiger partial charge >= 0.3 is 0 Å². The first-order chi connectivity index (χ1) is 7.43. The highest BCUT2D eigenvalue weighted by atomic mass is 14.3. The molecule has 2 fully saturated rings. The molecule has 0 bridgehead atoms. The highest BCUT2D eigenvalue weighted by Crippen LogP contribution is 2.43. The third-order valence-corrected chi connectivity index (χ3v) is 3.79. The Labute approximate surface area is 92.0 Å². The van der Waals surface area contributed by atoms with Crippen molar-refractivity contribution in [3.05, 3.63) is 47.0 Å². The van der Waals surface area contributed by atoms with E-state index in [1.165, 1.54) is 38.5 Å². The number of allylic oxidation sites excluding steroid dienone is 2. The molecule has 0 nitrogen and oxygen atoms in total. The molecule has 0 radical (unpaired) electrons. The molecule has 1 aromatic carbocycles. The molecule has 1 atom stereocenters. The Morgan fingerprint density at radius 3 is 2.40 bits per heavy atom. The van der Waals surface area contributed by atoms with E-state index in [0.29, 0.717) is 0 Å². The van der Waals surface area contributed by atoms with Crippen molar-refractivity contribution >= 4 is 0 Å². The molecule has 0 spiro atoms. The molecule has 78 valence electrons. The summed E-state index contributed by atoms with van der Waals surface area (Å²) < 4.78 is 0. The normalized spacial score (nSPS) is 25.5. The van der Waals surface area contributed by atoms with Crippen LogP contribution in [-0.2, 0) is 0 Å². The molecule has 2 aliphatic carbocycles. The smallest absolute Gasteiger partial charge is 0.0125 e. The monoisotopic (exact) mass is 198 g/mol. The van der Waals surface area contributed by atoms with E-state index in [1.807, 2.05) is 0 Å². The average Bonchev–Trinajstić information content (AvgIpc) is 3.14. The van der Waals surface area contributed by atoms with Crippen LogP contribution in [0.1, 0.15) is 50.0 Å². The van der Waals surface area contributed by atoms with Gasteiger partial charge in [-0.05, 0) is 50.0 Å². The SMILES string of the molecule is c1ccc(C2CCCC(=C3CC3)C2)cc1. The molecule has 1 unspecified atom stereocenters. The van der Waals surface area contributed by atoms with Crippen molar-refractivity contribution in [2.24, 2.45) is 0 Å². The van der Waals surface area contributed by atoms with E-state index in [1.54, 1.807) is 16.7 Å². The molecular formula is C15H18. The summed E-state index contributed by atoms with van der Waals surface area (Å²) in [6, 6.07) is 11.1. The molecule has 0 heterocycles. The largest absolute Gasteiger partial charge is 0.0704 e. The first kappa shape index (κ1) is 9.21. The zero-order chi connectivity index (χ0) is 10.1. The maximum Gasteiger partial charge on any atom is -0.0125 e. The van der Waals surface area contributed by atoms with Gasteiger partial charge in [0.25, 0.3) is 0 Å². The van der Waals surface area contributed by atoms with E-state index < -0.39 is 0 Å². The second kappa shape index (κ2) is 3.84. The minimum Gasteiger partial charge on any atom is -0.0704 e. The zero-order valence-electron chi connectivity index (χ0n) is 9.21. The van der Waals surface area contributed by atoms with Gasteiger partial charge in [0.05, 0.1) is 0 Å². The van der Waals surface area contributed by atoms with Gasteiger partial charge in [-0.25, -0.2) is 0 Å². The molecule has 1 aromatic rings. The van der Waals surface area contributed by atoms with Crippen LogP contribution < -0.4 is 0 Å². The highest BCUT2D eigenvalue weighted by Gasteiger charge is 2.24. The Morgan fingerprint density at radius 2 is 1.67 bits per heavy atom. The molecule has 0 aromatic heterocycles. The van der Waals surface area contributed by atoms with Crippen LogP contribution in [0.25, 0.3) is 0 Å².